The van der Waals surface area contributed by atoms with E-state index < -0.39 is 11.7 Å². The third-order valence-corrected chi connectivity index (χ3v) is 5.64. The Morgan fingerprint density at radius 3 is 2.67 bits per heavy atom. The zero-order chi connectivity index (χ0) is 14.7. The lowest BCUT2D eigenvalue weighted by Gasteiger charge is -2.13. The fourth-order valence-corrected chi connectivity index (χ4v) is 3.86. The van der Waals surface area contributed by atoms with Crippen molar-refractivity contribution in [3.63, 3.8) is 0 Å². The van der Waals surface area contributed by atoms with E-state index in [0.29, 0.717) is 10.9 Å². The van der Waals surface area contributed by atoms with E-state index in [0.717, 1.165) is 34.4 Å². The van der Waals surface area contributed by atoms with Crippen molar-refractivity contribution in [3.05, 3.63) is 23.8 Å². The first kappa shape index (κ1) is 13.4. The summed E-state index contributed by atoms with van der Waals surface area (Å²) in [6, 6.07) is 3.76. The highest BCUT2D eigenvalue weighted by atomic mass is 32.1. The molecule has 6 heteroatoms. The lowest BCUT2D eigenvalue weighted by Crippen LogP contribution is -2.17. The molecule has 0 bridgehead atoms. The van der Waals surface area contributed by atoms with Crippen LogP contribution >= 0.6 is 11.3 Å². The Balaban J connectivity index is 1.53. The van der Waals surface area contributed by atoms with Gasteiger partial charge in [0.15, 0.2) is 5.13 Å². The Morgan fingerprint density at radius 1 is 1.29 bits per heavy atom. The molecule has 1 heterocycles. The van der Waals surface area contributed by atoms with E-state index in [2.05, 4.69) is 10.3 Å². The predicted molar refractivity (Wildman–Crippen MR) is 77.5 cm³/mol. The lowest BCUT2D eigenvalue weighted by molar-refractivity contribution is -0.137. The monoisotopic (exact) mass is 312 g/mol. The van der Waals surface area contributed by atoms with Crippen LogP contribution in [0, 0.1) is 11.3 Å². The molecule has 2 saturated carbocycles. The first-order valence-corrected chi connectivity index (χ1v) is 8.00. The van der Waals surface area contributed by atoms with E-state index in [1.807, 2.05) is 0 Å². The molecule has 1 aromatic carbocycles. The Kier molecular flexibility index (Phi) is 2.77. The molecule has 1 N–H and O–H groups in total. The number of nitrogens with one attached hydrogen (secondary N) is 1. The number of anilines is 1. The van der Waals surface area contributed by atoms with E-state index >= 15 is 0 Å². The van der Waals surface area contributed by atoms with Crippen LogP contribution < -0.4 is 5.32 Å². The maximum atomic E-state index is 12.7. The van der Waals surface area contributed by atoms with Crippen LogP contribution in [0.5, 0.6) is 0 Å². The van der Waals surface area contributed by atoms with Gasteiger partial charge in [0, 0.05) is 6.54 Å². The molecule has 0 aliphatic heterocycles. The van der Waals surface area contributed by atoms with Crippen LogP contribution in [-0.4, -0.2) is 11.5 Å². The summed E-state index contributed by atoms with van der Waals surface area (Å²) in [7, 11) is 0. The quantitative estimate of drug-likeness (QED) is 0.867. The molecule has 2 nitrogen and oxygen atoms in total. The maximum absolute atomic E-state index is 12.7. The van der Waals surface area contributed by atoms with Gasteiger partial charge in [0.2, 0.25) is 0 Å². The van der Waals surface area contributed by atoms with Crippen molar-refractivity contribution in [1.82, 2.24) is 4.98 Å². The number of hydrogen-bond donors (Lipinski definition) is 1. The second kappa shape index (κ2) is 4.35. The summed E-state index contributed by atoms with van der Waals surface area (Å²) >= 11 is 1.43. The highest BCUT2D eigenvalue weighted by molar-refractivity contribution is 7.22. The second-order valence-corrected chi connectivity index (χ2v) is 7.22. The molecule has 0 saturated heterocycles. The molecule has 2 aromatic rings. The van der Waals surface area contributed by atoms with Gasteiger partial charge in [0.1, 0.15) is 0 Å². The summed E-state index contributed by atoms with van der Waals surface area (Å²) in [5.74, 6) is 0.858. The average Bonchev–Trinajstić information content (AvgIpc) is 3.30. The zero-order valence-corrected chi connectivity index (χ0v) is 12.2. The van der Waals surface area contributed by atoms with Gasteiger partial charge in [-0.2, -0.15) is 13.2 Å². The van der Waals surface area contributed by atoms with Gasteiger partial charge in [0.25, 0.3) is 0 Å². The fraction of sp³-hybridized carbons (Fsp3) is 0.533. The van der Waals surface area contributed by atoms with Crippen molar-refractivity contribution in [2.75, 3.05) is 11.9 Å². The summed E-state index contributed by atoms with van der Waals surface area (Å²) in [5.41, 5.74) is 0.242. The van der Waals surface area contributed by atoms with Crippen molar-refractivity contribution in [2.45, 2.75) is 31.9 Å². The topological polar surface area (TPSA) is 24.9 Å². The molecule has 1 aromatic heterocycles. The van der Waals surface area contributed by atoms with Gasteiger partial charge in [-0.3, -0.25) is 0 Å². The molecule has 0 amide bonds. The highest BCUT2D eigenvalue weighted by Gasteiger charge is 2.53. The van der Waals surface area contributed by atoms with E-state index in [9.17, 15) is 13.2 Å². The number of rotatable bonds is 4. The second-order valence-electron chi connectivity index (χ2n) is 6.19. The van der Waals surface area contributed by atoms with E-state index in [1.165, 1.54) is 43.1 Å². The van der Waals surface area contributed by atoms with E-state index in [1.54, 1.807) is 0 Å². The molecule has 0 unspecified atom stereocenters. The number of halogens is 3. The van der Waals surface area contributed by atoms with Gasteiger partial charge in [0.05, 0.1) is 15.8 Å². The molecule has 21 heavy (non-hydrogen) atoms. The number of fused-ring (bicyclic) bond motifs is 1. The standard InChI is InChI=1S/C15H15F3N2S/c16-15(17,18)10-3-4-12-11(7-10)20-13(21-12)19-8-14(5-6-14)9-1-2-9/h3-4,7,9H,1-2,5-6,8H2,(H,19,20). The predicted octanol–water partition coefficient (Wildman–Crippen LogP) is 4.92. The van der Waals surface area contributed by atoms with Crippen molar-refractivity contribution in [2.24, 2.45) is 11.3 Å². The Bertz CT molecular complexity index is 684. The Hall–Kier alpha value is -1.30. The van der Waals surface area contributed by atoms with Crippen LogP contribution in [0.4, 0.5) is 18.3 Å². The lowest BCUT2D eigenvalue weighted by atomic mass is 10.0. The van der Waals surface area contributed by atoms with Gasteiger partial charge in [-0.25, -0.2) is 4.98 Å². The fourth-order valence-electron chi connectivity index (χ4n) is 3.02. The van der Waals surface area contributed by atoms with Gasteiger partial charge >= 0.3 is 6.18 Å². The molecule has 4 rings (SSSR count). The molecule has 2 aliphatic carbocycles. The summed E-state index contributed by atoms with van der Waals surface area (Å²) in [6.45, 7) is 0.906. The van der Waals surface area contributed by atoms with Crippen LogP contribution in [-0.2, 0) is 6.18 Å². The average molecular weight is 312 g/mol. The molecule has 0 atom stereocenters. The number of thiazole rings is 1. The van der Waals surface area contributed by atoms with E-state index in [4.69, 9.17) is 0 Å². The SMILES string of the molecule is FC(F)(F)c1ccc2sc(NCC3(C4CC4)CC3)nc2c1. The summed E-state index contributed by atoms with van der Waals surface area (Å²) in [4.78, 5) is 4.30. The summed E-state index contributed by atoms with van der Waals surface area (Å²) < 4.78 is 38.9. The molecule has 112 valence electrons. The maximum Gasteiger partial charge on any atom is 0.416 e. The van der Waals surface area contributed by atoms with Crippen LogP contribution in [0.15, 0.2) is 18.2 Å². The Morgan fingerprint density at radius 2 is 2.05 bits per heavy atom. The van der Waals surface area contributed by atoms with Gasteiger partial charge in [-0.1, -0.05) is 11.3 Å². The van der Waals surface area contributed by atoms with Crippen LogP contribution in [0.25, 0.3) is 10.2 Å². The minimum atomic E-state index is -4.31. The highest BCUT2D eigenvalue weighted by Crippen LogP contribution is 2.61. The normalized spacial score (nSPS) is 20.7. The molecular weight excluding hydrogens is 297 g/mol. The van der Waals surface area contributed by atoms with Gasteiger partial charge in [-0.05, 0) is 55.2 Å². The minimum Gasteiger partial charge on any atom is -0.361 e. The number of aromatic nitrogens is 1. The first-order valence-electron chi connectivity index (χ1n) is 7.18. The van der Waals surface area contributed by atoms with Crippen molar-refractivity contribution >= 4 is 26.7 Å². The third-order valence-electron chi connectivity index (χ3n) is 4.64. The van der Waals surface area contributed by atoms with Crippen LogP contribution in [0.2, 0.25) is 0 Å². The van der Waals surface area contributed by atoms with Crippen LogP contribution in [0.3, 0.4) is 0 Å². The minimum absolute atomic E-state index is 0.425. The Labute approximate surface area is 124 Å². The smallest absolute Gasteiger partial charge is 0.361 e. The molecule has 2 aliphatic rings. The molecule has 0 spiro atoms. The van der Waals surface area contributed by atoms with Gasteiger partial charge < -0.3 is 5.32 Å². The largest absolute Gasteiger partial charge is 0.416 e. The van der Waals surface area contributed by atoms with Crippen molar-refractivity contribution in [3.8, 4) is 0 Å². The van der Waals surface area contributed by atoms with E-state index in [-0.39, 0.29) is 0 Å². The first-order chi connectivity index (χ1) is 9.96. The number of nitrogens with zero attached hydrogens (tertiary/aromatic N) is 1. The van der Waals surface area contributed by atoms with Gasteiger partial charge in [-0.15, -0.1) is 0 Å². The van der Waals surface area contributed by atoms with Crippen molar-refractivity contribution < 1.29 is 13.2 Å². The third kappa shape index (κ3) is 2.50. The number of hydrogen-bond acceptors (Lipinski definition) is 3. The summed E-state index contributed by atoms with van der Waals surface area (Å²) in [5, 5.41) is 4.08. The molecular formula is C15H15F3N2S. The number of alkyl halides is 3. The number of benzene rings is 1. The van der Waals surface area contributed by atoms with Crippen molar-refractivity contribution in [1.29, 1.82) is 0 Å². The molecule has 0 radical (unpaired) electrons. The molecule has 2 fully saturated rings. The summed E-state index contributed by atoms with van der Waals surface area (Å²) in [6.07, 6.45) is 0.893. The zero-order valence-electron chi connectivity index (χ0n) is 11.3. The van der Waals surface area contributed by atoms with Crippen LogP contribution in [0.1, 0.15) is 31.2 Å².